The predicted octanol–water partition coefficient (Wildman–Crippen LogP) is 5.04. The summed E-state index contributed by atoms with van der Waals surface area (Å²) in [5.41, 5.74) is 1.80. The van der Waals surface area contributed by atoms with Crippen LogP contribution in [0, 0.1) is 5.82 Å². The highest BCUT2D eigenvalue weighted by Gasteiger charge is 2.16. The van der Waals surface area contributed by atoms with E-state index in [-0.39, 0.29) is 11.1 Å². The van der Waals surface area contributed by atoms with Crippen LogP contribution in [0.4, 0.5) is 4.39 Å². The van der Waals surface area contributed by atoms with Crippen molar-refractivity contribution in [2.75, 3.05) is 0 Å². The number of halogens is 3. The SMILES string of the molecule is CC(NCc1ccsc1)c1c(Cl)ccc(F)c1Cl. The Morgan fingerprint density at radius 2 is 2.11 bits per heavy atom. The smallest absolute Gasteiger partial charge is 0.142 e. The van der Waals surface area contributed by atoms with Crippen LogP contribution >= 0.6 is 34.5 Å². The zero-order valence-electron chi connectivity index (χ0n) is 9.71. The summed E-state index contributed by atoms with van der Waals surface area (Å²) in [5.74, 6) is -0.444. The van der Waals surface area contributed by atoms with Gasteiger partial charge in [0.2, 0.25) is 0 Å². The molecule has 96 valence electrons. The van der Waals surface area contributed by atoms with Crippen LogP contribution in [0.5, 0.6) is 0 Å². The van der Waals surface area contributed by atoms with Gasteiger partial charge >= 0.3 is 0 Å². The van der Waals surface area contributed by atoms with Gasteiger partial charge in [-0.1, -0.05) is 23.2 Å². The van der Waals surface area contributed by atoms with Crippen LogP contribution in [0.3, 0.4) is 0 Å². The summed E-state index contributed by atoms with van der Waals surface area (Å²) in [6, 6.07) is 4.74. The highest BCUT2D eigenvalue weighted by Crippen LogP contribution is 2.32. The molecule has 0 bridgehead atoms. The summed E-state index contributed by atoms with van der Waals surface area (Å²) in [6.45, 7) is 2.62. The lowest BCUT2D eigenvalue weighted by molar-refractivity contribution is 0.566. The summed E-state index contributed by atoms with van der Waals surface area (Å²) < 4.78 is 13.4. The van der Waals surface area contributed by atoms with Crippen molar-refractivity contribution in [2.45, 2.75) is 19.5 Å². The van der Waals surface area contributed by atoms with Crippen molar-refractivity contribution in [3.63, 3.8) is 0 Å². The Morgan fingerprint density at radius 3 is 2.78 bits per heavy atom. The van der Waals surface area contributed by atoms with Crippen LogP contribution in [-0.2, 0) is 6.54 Å². The maximum absolute atomic E-state index is 13.4. The molecule has 2 rings (SSSR count). The number of nitrogens with one attached hydrogen (secondary N) is 1. The highest BCUT2D eigenvalue weighted by molar-refractivity contribution is 7.07. The monoisotopic (exact) mass is 303 g/mol. The molecule has 0 aliphatic rings. The molecule has 2 aromatic rings. The van der Waals surface area contributed by atoms with Crippen molar-refractivity contribution < 1.29 is 4.39 Å². The van der Waals surface area contributed by atoms with Gasteiger partial charge in [0, 0.05) is 23.2 Å². The van der Waals surface area contributed by atoms with E-state index in [0.29, 0.717) is 17.1 Å². The molecule has 1 aromatic heterocycles. The maximum atomic E-state index is 13.4. The first-order valence-electron chi connectivity index (χ1n) is 5.47. The number of hydrogen-bond donors (Lipinski definition) is 1. The molecule has 18 heavy (non-hydrogen) atoms. The molecule has 5 heteroatoms. The number of benzene rings is 1. The minimum absolute atomic E-state index is 0.0906. The average molecular weight is 304 g/mol. The third-order valence-electron chi connectivity index (χ3n) is 2.70. The van der Waals surface area contributed by atoms with Gasteiger partial charge in [-0.25, -0.2) is 4.39 Å². The summed E-state index contributed by atoms with van der Waals surface area (Å²) in [6.07, 6.45) is 0. The normalized spacial score (nSPS) is 12.7. The Hall–Kier alpha value is -0.610. The maximum Gasteiger partial charge on any atom is 0.142 e. The third-order valence-corrected chi connectivity index (χ3v) is 4.15. The van der Waals surface area contributed by atoms with Gasteiger partial charge in [0.1, 0.15) is 5.82 Å². The first kappa shape index (κ1) is 13.8. The molecule has 0 fully saturated rings. The lowest BCUT2D eigenvalue weighted by atomic mass is 10.1. The molecule has 1 N–H and O–H groups in total. The summed E-state index contributed by atoms with van der Waals surface area (Å²) >= 11 is 13.7. The molecule has 1 aromatic carbocycles. The largest absolute Gasteiger partial charge is 0.306 e. The topological polar surface area (TPSA) is 12.0 Å². The molecule has 0 aliphatic heterocycles. The summed E-state index contributed by atoms with van der Waals surface area (Å²) in [5, 5.41) is 7.93. The lowest BCUT2D eigenvalue weighted by Crippen LogP contribution is -2.18. The van der Waals surface area contributed by atoms with Crippen LogP contribution in [-0.4, -0.2) is 0 Å². The summed E-state index contributed by atoms with van der Waals surface area (Å²) in [7, 11) is 0. The first-order chi connectivity index (χ1) is 8.59. The Labute approximate surface area is 120 Å². The molecule has 1 heterocycles. The lowest BCUT2D eigenvalue weighted by Gasteiger charge is -2.17. The fourth-order valence-corrected chi connectivity index (χ4v) is 3.07. The van der Waals surface area contributed by atoms with E-state index in [2.05, 4.69) is 10.7 Å². The van der Waals surface area contributed by atoms with Crippen molar-refractivity contribution in [3.8, 4) is 0 Å². The Kier molecular flexibility index (Phi) is 4.62. The molecule has 1 atom stereocenters. The van der Waals surface area contributed by atoms with E-state index in [1.165, 1.54) is 17.7 Å². The molecule has 0 amide bonds. The molecule has 1 nitrogen and oxygen atoms in total. The van der Waals surface area contributed by atoms with E-state index >= 15 is 0 Å². The first-order valence-corrected chi connectivity index (χ1v) is 7.17. The van der Waals surface area contributed by atoms with E-state index in [1.807, 2.05) is 18.4 Å². The Morgan fingerprint density at radius 1 is 1.33 bits per heavy atom. The van der Waals surface area contributed by atoms with Crippen molar-refractivity contribution in [1.82, 2.24) is 5.32 Å². The zero-order chi connectivity index (χ0) is 13.1. The van der Waals surface area contributed by atoms with E-state index in [4.69, 9.17) is 23.2 Å². The Bertz CT molecular complexity index is 528. The quantitative estimate of drug-likeness (QED) is 0.780. The summed E-state index contributed by atoms with van der Waals surface area (Å²) in [4.78, 5) is 0. The number of thiophene rings is 1. The minimum Gasteiger partial charge on any atom is -0.306 e. The van der Waals surface area contributed by atoms with Crippen LogP contribution < -0.4 is 5.32 Å². The fourth-order valence-electron chi connectivity index (χ4n) is 1.71. The van der Waals surface area contributed by atoms with Gasteiger partial charge in [-0.2, -0.15) is 11.3 Å². The van der Waals surface area contributed by atoms with Gasteiger partial charge in [0.15, 0.2) is 0 Å². The van der Waals surface area contributed by atoms with Crippen LogP contribution in [0.25, 0.3) is 0 Å². The molecular weight excluding hydrogens is 292 g/mol. The predicted molar refractivity (Wildman–Crippen MR) is 76.0 cm³/mol. The van der Waals surface area contributed by atoms with Crippen molar-refractivity contribution in [3.05, 3.63) is 55.9 Å². The zero-order valence-corrected chi connectivity index (χ0v) is 12.0. The van der Waals surface area contributed by atoms with Gasteiger partial charge in [0.25, 0.3) is 0 Å². The van der Waals surface area contributed by atoms with Crippen molar-refractivity contribution in [2.24, 2.45) is 0 Å². The van der Waals surface area contributed by atoms with Crippen LogP contribution in [0.1, 0.15) is 24.1 Å². The second kappa shape index (κ2) is 6.02. The highest BCUT2D eigenvalue weighted by atomic mass is 35.5. The molecule has 0 saturated carbocycles. The molecule has 0 spiro atoms. The van der Waals surface area contributed by atoms with Gasteiger partial charge in [-0.05, 0) is 41.4 Å². The van der Waals surface area contributed by atoms with Crippen molar-refractivity contribution >= 4 is 34.5 Å². The minimum atomic E-state index is -0.444. The van der Waals surface area contributed by atoms with E-state index < -0.39 is 5.82 Å². The van der Waals surface area contributed by atoms with Crippen LogP contribution in [0.15, 0.2) is 29.0 Å². The van der Waals surface area contributed by atoms with Gasteiger partial charge in [0.05, 0.1) is 5.02 Å². The van der Waals surface area contributed by atoms with E-state index in [9.17, 15) is 4.39 Å². The molecule has 1 unspecified atom stereocenters. The van der Waals surface area contributed by atoms with E-state index in [1.54, 1.807) is 11.3 Å². The third kappa shape index (κ3) is 3.04. The van der Waals surface area contributed by atoms with Crippen molar-refractivity contribution in [1.29, 1.82) is 0 Å². The average Bonchev–Trinajstić information content (AvgIpc) is 2.85. The second-order valence-electron chi connectivity index (χ2n) is 3.99. The van der Waals surface area contributed by atoms with E-state index in [0.717, 1.165) is 0 Å². The molecule has 0 radical (unpaired) electrons. The Balaban J connectivity index is 2.13. The number of rotatable bonds is 4. The number of hydrogen-bond acceptors (Lipinski definition) is 2. The second-order valence-corrected chi connectivity index (χ2v) is 5.56. The van der Waals surface area contributed by atoms with Crippen LogP contribution in [0.2, 0.25) is 10.0 Å². The standard InChI is InChI=1S/C13H12Cl2FNS/c1-8(17-6-9-4-5-18-7-9)12-10(14)2-3-11(16)13(12)15/h2-5,7-8,17H,6H2,1H3. The molecular formula is C13H12Cl2FNS. The fraction of sp³-hybridized carbons (Fsp3) is 0.231. The van der Waals surface area contributed by atoms with Gasteiger partial charge < -0.3 is 5.32 Å². The van der Waals surface area contributed by atoms with Gasteiger partial charge in [-0.3, -0.25) is 0 Å². The molecule has 0 aliphatic carbocycles. The molecule has 0 saturated heterocycles. The van der Waals surface area contributed by atoms with Gasteiger partial charge in [-0.15, -0.1) is 0 Å².